The van der Waals surface area contributed by atoms with Gasteiger partial charge >= 0.3 is 0 Å². The van der Waals surface area contributed by atoms with Crippen LogP contribution in [0.15, 0.2) is 71.3 Å². The van der Waals surface area contributed by atoms with E-state index in [-0.39, 0.29) is 29.8 Å². The minimum atomic E-state index is -3.33. The highest BCUT2D eigenvalue weighted by molar-refractivity contribution is 5.97. The second-order valence-electron chi connectivity index (χ2n) is 9.42. The summed E-state index contributed by atoms with van der Waals surface area (Å²) in [5.74, 6) is -5.57. The molecule has 9 nitrogen and oxygen atoms in total. The molecule has 0 saturated heterocycles. The van der Waals surface area contributed by atoms with Gasteiger partial charge in [0, 0.05) is 17.5 Å². The monoisotopic (exact) mass is 583 g/mol. The smallest absolute Gasteiger partial charge is 0.265 e. The van der Waals surface area contributed by atoms with Gasteiger partial charge in [0.25, 0.3) is 17.7 Å². The van der Waals surface area contributed by atoms with Crippen molar-refractivity contribution in [3.8, 4) is 18.6 Å². The maximum Gasteiger partial charge on any atom is 0.265 e. The van der Waals surface area contributed by atoms with Crippen LogP contribution in [0.3, 0.4) is 0 Å². The third kappa shape index (κ3) is 9.74. The van der Waals surface area contributed by atoms with Gasteiger partial charge in [-0.2, -0.15) is 0 Å². The number of carbonyl (C=O) groups is 3. The van der Waals surface area contributed by atoms with Crippen molar-refractivity contribution in [1.82, 2.24) is 15.5 Å². The number of halogens is 2. The van der Waals surface area contributed by atoms with E-state index in [2.05, 4.69) is 23.5 Å². The Morgan fingerprint density at radius 2 is 1.74 bits per heavy atom. The molecule has 3 aromatic rings. The summed E-state index contributed by atoms with van der Waals surface area (Å²) in [4.78, 5) is 39.7. The van der Waals surface area contributed by atoms with Crippen molar-refractivity contribution in [1.29, 1.82) is 0 Å². The predicted molar refractivity (Wildman–Crippen MR) is 153 cm³/mol. The lowest BCUT2D eigenvalue weighted by Crippen LogP contribution is -2.56. The van der Waals surface area contributed by atoms with E-state index in [1.807, 2.05) is 0 Å². The van der Waals surface area contributed by atoms with Crippen molar-refractivity contribution in [3.05, 3.63) is 89.4 Å². The number of carbonyl (C=O) groups excluding carboxylic acids is 3. The first-order chi connectivity index (χ1) is 20.0. The summed E-state index contributed by atoms with van der Waals surface area (Å²) in [6, 6.07) is 15.0. The Hall–Kier alpha value is -4.69. The Balaban J connectivity index is 0.00000301. The van der Waals surface area contributed by atoms with Crippen molar-refractivity contribution >= 4 is 17.7 Å². The molecule has 1 aromatic heterocycles. The SMILES string of the molecule is C#C.CCC(F)(F)CN(CC(=O)NCc1ccco1)C(=O)C(O)C(Cc1ccccc1)NC(=O)c1cccc(O)c1C. The van der Waals surface area contributed by atoms with Crippen LogP contribution in [0, 0.1) is 19.8 Å². The van der Waals surface area contributed by atoms with Crippen LogP contribution in [0.2, 0.25) is 0 Å². The van der Waals surface area contributed by atoms with Crippen molar-refractivity contribution in [2.45, 2.75) is 51.3 Å². The summed E-state index contributed by atoms with van der Waals surface area (Å²) in [7, 11) is 0. The average Bonchev–Trinajstić information content (AvgIpc) is 3.51. The molecule has 3 amide bonds. The third-order valence-electron chi connectivity index (χ3n) is 6.42. The van der Waals surface area contributed by atoms with Crippen LogP contribution in [0.4, 0.5) is 8.78 Å². The molecule has 0 aliphatic carbocycles. The Morgan fingerprint density at radius 3 is 2.36 bits per heavy atom. The number of hydrogen-bond donors (Lipinski definition) is 4. The Kier molecular flexibility index (Phi) is 12.7. The molecule has 4 N–H and O–H groups in total. The molecule has 2 aromatic carbocycles. The first-order valence-electron chi connectivity index (χ1n) is 13.1. The number of terminal acetylenes is 1. The molecule has 0 radical (unpaired) electrons. The van der Waals surface area contributed by atoms with Gasteiger partial charge in [-0.3, -0.25) is 14.4 Å². The summed E-state index contributed by atoms with van der Waals surface area (Å²) in [5, 5.41) is 26.3. The Labute approximate surface area is 243 Å². The van der Waals surface area contributed by atoms with E-state index in [0.29, 0.717) is 16.2 Å². The number of benzene rings is 2. The molecule has 42 heavy (non-hydrogen) atoms. The van der Waals surface area contributed by atoms with E-state index in [0.717, 1.165) is 0 Å². The quantitative estimate of drug-likeness (QED) is 0.228. The van der Waals surface area contributed by atoms with E-state index in [1.54, 1.807) is 42.5 Å². The molecule has 11 heteroatoms. The molecule has 0 bridgehead atoms. The van der Waals surface area contributed by atoms with Gasteiger partial charge in [0.1, 0.15) is 11.5 Å². The number of alkyl halides is 2. The normalized spacial score (nSPS) is 12.3. The number of phenols is 1. The second kappa shape index (κ2) is 15.9. The van der Waals surface area contributed by atoms with Crippen LogP contribution in [-0.4, -0.2) is 64.0 Å². The van der Waals surface area contributed by atoms with Gasteiger partial charge in [-0.1, -0.05) is 43.3 Å². The molecule has 0 saturated carbocycles. The highest BCUT2D eigenvalue weighted by Crippen LogP contribution is 2.22. The van der Waals surface area contributed by atoms with Crippen LogP contribution >= 0.6 is 0 Å². The van der Waals surface area contributed by atoms with Gasteiger partial charge in [-0.05, 0) is 43.2 Å². The largest absolute Gasteiger partial charge is 0.508 e. The highest BCUT2D eigenvalue weighted by atomic mass is 19.3. The maximum absolute atomic E-state index is 14.4. The molecule has 1 heterocycles. The Bertz CT molecular complexity index is 1330. The summed E-state index contributed by atoms with van der Waals surface area (Å²) in [6.45, 7) is 0.908. The van der Waals surface area contributed by atoms with E-state index in [4.69, 9.17) is 4.42 Å². The van der Waals surface area contributed by atoms with Crippen molar-refractivity contribution in [3.63, 3.8) is 0 Å². The fraction of sp³-hybridized carbons (Fsp3) is 0.323. The van der Waals surface area contributed by atoms with Gasteiger partial charge in [0.2, 0.25) is 5.91 Å². The van der Waals surface area contributed by atoms with Gasteiger partial charge < -0.3 is 30.2 Å². The van der Waals surface area contributed by atoms with E-state index < -0.39 is 55.3 Å². The zero-order valence-electron chi connectivity index (χ0n) is 23.4. The standard InChI is InChI=1S/C29H33F2N3O6.C2H2/c1-3-29(30,31)18-34(17-25(36)32-16-21-11-8-14-40-21)28(39)26(37)23(15-20-9-5-4-6-10-20)33-27(38)22-12-7-13-24(35)19(22)2;1-2/h4-14,23,26,35,37H,3,15-18H2,1-2H3,(H,32,36)(H,33,38);1-2H. The summed E-state index contributed by atoms with van der Waals surface area (Å²) < 4.78 is 34.0. The van der Waals surface area contributed by atoms with Gasteiger partial charge in [0.05, 0.1) is 31.9 Å². The van der Waals surface area contributed by atoms with Crippen LogP contribution < -0.4 is 10.6 Å². The fourth-order valence-corrected chi connectivity index (χ4v) is 4.02. The number of nitrogens with one attached hydrogen (secondary N) is 2. The lowest BCUT2D eigenvalue weighted by Gasteiger charge is -2.31. The second-order valence-corrected chi connectivity index (χ2v) is 9.42. The number of aliphatic hydroxyl groups is 1. The molecular weight excluding hydrogens is 548 g/mol. The zero-order valence-corrected chi connectivity index (χ0v) is 23.4. The van der Waals surface area contributed by atoms with Crippen molar-refractivity contribution in [2.75, 3.05) is 13.1 Å². The van der Waals surface area contributed by atoms with Crippen molar-refractivity contribution < 1.29 is 37.8 Å². The van der Waals surface area contributed by atoms with Gasteiger partial charge in [0.15, 0.2) is 6.10 Å². The van der Waals surface area contributed by atoms with Crippen LogP contribution in [0.5, 0.6) is 5.75 Å². The Morgan fingerprint density at radius 1 is 1.05 bits per heavy atom. The highest BCUT2D eigenvalue weighted by Gasteiger charge is 2.38. The molecule has 2 atom stereocenters. The summed E-state index contributed by atoms with van der Waals surface area (Å²) >= 11 is 0. The lowest BCUT2D eigenvalue weighted by molar-refractivity contribution is -0.150. The topological polar surface area (TPSA) is 132 Å². The van der Waals surface area contributed by atoms with Crippen LogP contribution in [0.25, 0.3) is 0 Å². The molecule has 2 unspecified atom stereocenters. The number of phenolic OH excluding ortho intramolecular Hbond substituents is 1. The zero-order chi connectivity index (χ0) is 31.3. The average molecular weight is 584 g/mol. The maximum atomic E-state index is 14.4. The molecule has 0 aliphatic rings. The lowest BCUT2D eigenvalue weighted by atomic mass is 9.98. The minimum absolute atomic E-state index is 0.0138. The van der Waals surface area contributed by atoms with Gasteiger partial charge in [-0.25, -0.2) is 8.78 Å². The number of nitrogens with zero attached hydrogens (tertiary/aromatic N) is 1. The third-order valence-corrected chi connectivity index (χ3v) is 6.42. The van der Waals surface area contributed by atoms with Gasteiger partial charge in [-0.15, -0.1) is 12.8 Å². The van der Waals surface area contributed by atoms with Crippen LogP contribution in [0.1, 0.15) is 40.6 Å². The number of amides is 3. The number of aromatic hydroxyl groups is 1. The number of furan rings is 1. The molecule has 224 valence electrons. The predicted octanol–water partition coefficient (Wildman–Crippen LogP) is 3.44. The van der Waals surface area contributed by atoms with E-state index >= 15 is 0 Å². The molecule has 0 spiro atoms. The van der Waals surface area contributed by atoms with Crippen molar-refractivity contribution in [2.24, 2.45) is 0 Å². The fourth-order valence-electron chi connectivity index (χ4n) is 4.02. The molecule has 0 aliphatic heterocycles. The number of rotatable bonds is 13. The summed E-state index contributed by atoms with van der Waals surface area (Å²) in [6.07, 6.45) is 6.84. The molecule has 0 fully saturated rings. The first kappa shape index (κ1) is 33.5. The number of hydrogen-bond acceptors (Lipinski definition) is 6. The van der Waals surface area contributed by atoms with E-state index in [9.17, 15) is 33.4 Å². The molecular formula is C31H35F2N3O6. The summed E-state index contributed by atoms with van der Waals surface area (Å²) in [5.41, 5.74) is 1.06. The van der Waals surface area contributed by atoms with E-state index in [1.165, 1.54) is 38.3 Å². The molecule has 3 rings (SSSR count). The first-order valence-corrected chi connectivity index (χ1v) is 13.1. The number of aliphatic hydroxyl groups excluding tert-OH is 1. The minimum Gasteiger partial charge on any atom is -0.508 e. The van der Waals surface area contributed by atoms with Crippen LogP contribution in [-0.2, 0) is 22.6 Å².